The lowest BCUT2D eigenvalue weighted by Crippen LogP contribution is -2.28. The fourth-order valence-corrected chi connectivity index (χ4v) is 1.26. The molecule has 0 bridgehead atoms. The van der Waals surface area contributed by atoms with Crippen molar-refractivity contribution in [2.75, 3.05) is 13.1 Å². The van der Waals surface area contributed by atoms with E-state index in [1.807, 2.05) is 0 Å². The zero-order valence-corrected chi connectivity index (χ0v) is 7.54. The van der Waals surface area contributed by atoms with E-state index in [0.717, 1.165) is 32.1 Å². The minimum atomic E-state index is -0.662. The Labute approximate surface area is 77.1 Å². The maximum Gasteiger partial charge on any atom is 0.182 e. The van der Waals surface area contributed by atoms with Gasteiger partial charge in [-0.05, 0) is 19.3 Å². The maximum absolute atomic E-state index is 12.7. The SMILES string of the molecule is NC=C(F)C(N)=NN1CCCCC1. The molecule has 1 rings (SSSR count). The first-order chi connectivity index (χ1) is 6.24. The Morgan fingerprint density at radius 3 is 2.46 bits per heavy atom. The summed E-state index contributed by atoms with van der Waals surface area (Å²) in [7, 11) is 0. The van der Waals surface area contributed by atoms with E-state index in [0.29, 0.717) is 0 Å². The normalized spacial score (nSPS) is 20.5. The zero-order valence-electron chi connectivity index (χ0n) is 7.54. The minimum Gasteiger partial charge on any atom is -0.402 e. The lowest BCUT2D eigenvalue weighted by atomic mass is 10.2. The van der Waals surface area contributed by atoms with E-state index in [-0.39, 0.29) is 5.84 Å². The fourth-order valence-electron chi connectivity index (χ4n) is 1.26. The van der Waals surface area contributed by atoms with Gasteiger partial charge >= 0.3 is 0 Å². The summed E-state index contributed by atoms with van der Waals surface area (Å²) >= 11 is 0. The van der Waals surface area contributed by atoms with Gasteiger partial charge in [0.1, 0.15) is 0 Å². The molecule has 0 atom stereocenters. The average molecular weight is 186 g/mol. The molecule has 4 nitrogen and oxygen atoms in total. The molecule has 0 aromatic heterocycles. The third kappa shape index (κ3) is 2.93. The van der Waals surface area contributed by atoms with Crippen molar-refractivity contribution in [2.24, 2.45) is 16.6 Å². The molecule has 1 aliphatic heterocycles. The molecule has 1 saturated heterocycles. The molecule has 0 saturated carbocycles. The number of hydrogen-bond acceptors (Lipinski definition) is 3. The largest absolute Gasteiger partial charge is 0.402 e. The van der Waals surface area contributed by atoms with Crippen LogP contribution in [0.25, 0.3) is 0 Å². The number of hydrazone groups is 1. The molecule has 5 heteroatoms. The maximum atomic E-state index is 12.7. The van der Waals surface area contributed by atoms with Gasteiger partial charge in [0.25, 0.3) is 0 Å². The Hall–Kier alpha value is -1.26. The lowest BCUT2D eigenvalue weighted by molar-refractivity contribution is 0.238. The van der Waals surface area contributed by atoms with E-state index in [2.05, 4.69) is 5.10 Å². The molecular formula is C8H15FN4. The van der Waals surface area contributed by atoms with E-state index < -0.39 is 5.83 Å². The van der Waals surface area contributed by atoms with E-state index >= 15 is 0 Å². The molecule has 0 aromatic rings. The highest BCUT2D eigenvalue weighted by atomic mass is 19.1. The van der Waals surface area contributed by atoms with E-state index in [9.17, 15) is 4.39 Å². The molecule has 74 valence electrons. The number of halogens is 1. The summed E-state index contributed by atoms with van der Waals surface area (Å²) in [4.78, 5) is 0. The molecule has 1 aliphatic rings. The molecule has 0 spiro atoms. The van der Waals surface area contributed by atoms with Gasteiger partial charge in [0.05, 0.1) is 0 Å². The highest BCUT2D eigenvalue weighted by molar-refractivity contribution is 5.94. The third-order valence-corrected chi connectivity index (χ3v) is 1.97. The van der Waals surface area contributed by atoms with Gasteiger partial charge in [0, 0.05) is 19.3 Å². The predicted octanol–water partition coefficient (Wildman–Crippen LogP) is 0.514. The molecular weight excluding hydrogens is 171 g/mol. The summed E-state index contributed by atoms with van der Waals surface area (Å²) in [5.41, 5.74) is 10.3. The van der Waals surface area contributed by atoms with Gasteiger partial charge in [-0.15, -0.1) is 0 Å². The highest BCUT2D eigenvalue weighted by Crippen LogP contribution is 2.09. The third-order valence-electron chi connectivity index (χ3n) is 1.97. The van der Waals surface area contributed by atoms with Crippen LogP contribution >= 0.6 is 0 Å². The van der Waals surface area contributed by atoms with Crippen LogP contribution < -0.4 is 11.5 Å². The summed E-state index contributed by atoms with van der Waals surface area (Å²) < 4.78 is 12.7. The van der Waals surface area contributed by atoms with Crippen LogP contribution in [-0.2, 0) is 0 Å². The van der Waals surface area contributed by atoms with Crippen LogP contribution in [0.5, 0.6) is 0 Å². The topological polar surface area (TPSA) is 67.6 Å². The Bertz CT molecular complexity index is 218. The zero-order chi connectivity index (χ0) is 9.68. The fraction of sp³-hybridized carbons (Fsp3) is 0.625. The van der Waals surface area contributed by atoms with Gasteiger partial charge in [0.15, 0.2) is 11.7 Å². The van der Waals surface area contributed by atoms with Crippen LogP contribution in [0.3, 0.4) is 0 Å². The van der Waals surface area contributed by atoms with Gasteiger partial charge in [-0.25, -0.2) is 4.39 Å². The Morgan fingerprint density at radius 1 is 1.31 bits per heavy atom. The van der Waals surface area contributed by atoms with Gasteiger partial charge < -0.3 is 11.5 Å². The molecule has 1 heterocycles. The van der Waals surface area contributed by atoms with Crippen molar-refractivity contribution in [3.05, 3.63) is 12.0 Å². The summed E-state index contributed by atoms with van der Waals surface area (Å²) in [5, 5.41) is 5.69. The Kier molecular flexibility index (Phi) is 3.54. The van der Waals surface area contributed by atoms with Crippen molar-refractivity contribution in [1.82, 2.24) is 5.01 Å². The van der Waals surface area contributed by atoms with Crippen molar-refractivity contribution in [2.45, 2.75) is 19.3 Å². The van der Waals surface area contributed by atoms with Gasteiger partial charge in [0.2, 0.25) is 0 Å². The summed E-state index contributed by atoms with van der Waals surface area (Å²) in [6, 6.07) is 0. The van der Waals surface area contributed by atoms with Crippen LogP contribution in [0.1, 0.15) is 19.3 Å². The average Bonchev–Trinajstić information content (AvgIpc) is 2.18. The highest BCUT2D eigenvalue weighted by Gasteiger charge is 2.09. The molecule has 0 radical (unpaired) electrons. The Morgan fingerprint density at radius 2 is 1.92 bits per heavy atom. The van der Waals surface area contributed by atoms with Gasteiger partial charge in [-0.1, -0.05) is 0 Å². The van der Waals surface area contributed by atoms with Gasteiger partial charge in [-0.3, -0.25) is 5.01 Å². The van der Waals surface area contributed by atoms with Crippen LogP contribution in [0.4, 0.5) is 4.39 Å². The molecule has 1 fully saturated rings. The molecule has 0 aromatic carbocycles. The molecule has 0 aliphatic carbocycles. The minimum absolute atomic E-state index is 0.135. The number of rotatable bonds is 2. The second-order valence-electron chi connectivity index (χ2n) is 3.01. The molecule has 4 N–H and O–H groups in total. The van der Waals surface area contributed by atoms with Crippen molar-refractivity contribution in [3.8, 4) is 0 Å². The van der Waals surface area contributed by atoms with Crippen molar-refractivity contribution in [1.29, 1.82) is 0 Å². The van der Waals surface area contributed by atoms with Gasteiger partial charge in [-0.2, -0.15) is 5.10 Å². The van der Waals surface area contributed by atoms with E-state index in [1.165, 1.54) is 6.42 Å². The van der Waals surface area contributed by atoms with E-state index in [4.69, 9.17) is 11.5 Å². The summed E-state index contributed by atoms with van der Waals surface area (Å²) in [6.45, 7) is 1.69. The van der Waals surface area contributed by atoms with Crippen LogP contribution in [0.15, 0.2) is 17.1 Å². The first-order valence-electron chi connectivity index (χ1n) is 4.41. The molecule has 13 heavy (non-hydrogen) atoms. The number of hydrogen-bond donors (Lipinski definition) is 2. The van der Waals surface area contributed by atoms with Crippen molar-refractivity contribution < 1.29 is 4.39 Å². The second kappa shape index (κ2) is 4.69. The first kappa shape index (κ1) is 9.83. The quantitative estimate of drug-likeness (QED) is 0.488. The summed E-state index contributed by atoms with van der Waals surface area (Å²) in [5.74, 6) is -0.796. The number of amidine groups is 1. The Balaban J connectivity index is 2.52. The number of nitrogens with two attached hydrogens (primary N) is 2. The van der Waals surface area contributed by atoms with Crippen molar-refractivity contribution >= 4 is 5.84 Å². The molecule has 0 amide bonds. The van der Waals surface area contributed by atoms with Crippen LogP contribution in [-0.4, -0.2) is 23.9 Å². The molecule has 0 unspecified atom stereocenters. The number of piperidine rings is 1. The standard InChI is InChI=1S/C8H15FN4/c9-7(6-10)8(11)12-13-4-2-1-3-5-13/h6H,1-5,10H2,(H2,11,12). The smallest absolute Gasteiger partial charge is 0.182 e. The van der Waals surface area contributed by atoms with E-state index in [1.54, 1.807) is 5.01 Å². The predicted molar refractivity (Wildman–Crippen MR) is 50.4 cm³/mol. The first-order valence-corrected chi connectivity index (χ1v) is 4.41. The number of nitrogens with zero attached hydrogens (tertiary/aromatic N) is 2. The van der Waals surface area contributed by atoms with Crippen LogP contribution in [0.2, 0.25) is 0 Å². The monoisotopic (exact) mass is 186 g/mol. The lowest BCUT2D eigenvalue weighted by Gasteiger charge is -2.23. The van der Waals surface area contributed by atoms with Crippen LogP contribution in [0, 0.1) is 0 Å². The summed E-state index contributed by atoms with van der Waals surface area (Å²) in [6.07, 6.45) is 4.21. The van der Waals surface area contributed by atoms with Crippen molar-refractivity contribution in [3.63, 3.8) is 0 Å². The second-order valence-corrected chi connectivity index (χ2v) is 3.01.